The van der Waals surface area contributed by atoms with Crippen LogP contribution < -0.4 is 0 Å². The second-order valence-electron chi connectivity index (χ2n) is 18.8. The molecule has 2 spiro atoms. The molecule has 3 nitrogen and oxygen atoms in total. The van der Waals surface area contributed by atoms with Crippen molar-refractivity contribution in [3.63, 3.8) is 0 Å². The number of rotatable bonds is 4. The van der Waals surface area contributed by atoms with E-state index in [2.05, 4.69) is 188 Å². The standard InChI is InChI=1S/C65H41N3S/c1-3-17-41(18-4-1)61-66-62(42-19-5-2-6-20-42)68-63(67-61)43-33-31-40(32-34-43)44-35-36-53-48(37-44)49-39-60-50(47-23-9-16-30-59(47)69-60)38-58(49)65(53)56-28-14-12-26-54(56)64(55-27-13-15-29-57(55)65)51-24-10-7-21-45(51)46-22-8-11-25-52(46)64/h1-8,10-22,24-39H,9,23H2. The van der Waals surface area contributed by atoms with Gasteiger partial charge in [0.15, 0.2) is 17.5 Å². The lowest BCUT2D eigenvalue weighted by Crippen LogP contribution is -2.43. The SMILES string of the molecule is C1=Cc2sc3cc4c(cc3c2CC1)C1(c2ccc(-c3ccc(-c5nc(-c6ccccc6)nc(-c6ccccc6)n5)cc3)cc2-4)c2ccccc2C2(c3ccccc3-c3ccccc32)c2ccccc21. The van der Waals surface area contributed by atoms with Crippen LogP contribution in [0.4, 0.5) is 0 Å². The minimum atomic E-state index is -0.558. The van der Waals surface area contributed by atoms with E-state index in [4.69, 9.17) is 15.0 Å². The molecule has 2 aromatic heterocycles. The third-order valence-corrected chi connectivity index (χ3v) is 16.7. The number of hydrogen-bond acceptors (Lipinski definition) is 4. The first kappa shape index (κ1) is 38.8. The normalized spacial score (nSPS) is 14.7. The lowest BCUT2D eigenvalue weighted by atomic mass is 9.52. The summed E-state index contributed by atoms with van der Waals surface area (Å²) in [5, 5.41) is 1.40. The lowest BCUT2D eigenvalue weighted by molar-refractivity contribution is 0.633. The van der Waals surface area contributed by atoms with Gasteiger partial charge >= 0.3 is 0 Å². The summed E-state index contributed by atoms with van der Waals surface area (Å²) in [4.78, 5) is 16.4. The van der Waals surface area contributed by atoms with Crippen molar-refractivity contribution in [3.8, 4) is 67.5 Å². The van der Waals surface area contributed by atoms with Crippen molar-refractivity contribution in [2.45, 2.75) is 23.7 Å². The summed E-state index contributed by atoms with van der Waals surface area (Å²) in [7, 11) is 0. The molecule has 0 bridgehead atoms. The summed E-state index contributed by atoms with van der Waals surface area (Å²) in [5.74, 6) is 1.96. The predicted molar refractivity (Wildman–Crippen MR) is 282 cm³/mol. The van der Waals surface area contributed by atoms with Crippen molar-refractivity contribution in [3.05, 3.63) is 273 Å². The molecule has 9 aromatic carbocycles. The average molecular weight is 896 g/mol. The maximum Gasteiger partial charge on any atom is 0.164 e. The number of nitrogens with zero attached hydrogens (tertiary/aromatic N) is 3. The molecule has 0 atom stereocenters. The Balaban J connectivity index is 0.944. The second-order valence-corrected chi connectivity index (χ2v) is 19.9. The Morgan fingerprint density at radius 1 is 0.348 bits per heavy atom. The monoisotopic (exact) mass is 895 g/mol. The van der Waals surface area contributed by atoms with Gasteiger partial charge in [0.25, 0.3) is 0 Å². The van der Waals surface area contributed by atoms with Gasteiger partial charge in [-0.3, -0.25) is 0 Å². The zero-order chi connectivity index (χ0) is 45.3. The number of thiophene rings is 1. The van der Waals surface area contributed by atoms with Crippen LogP contribution in [0.5, 0.6) is 0 Å². The maximum atomic E-state index is 5.03. The van der Waals surface area contributed by atoms with Crippen molar-refractivity contribution in [2.75, 3.05) is 0 Å². The summed E-state index contributed by atoms with van der Waals surface area (Å²) in [5.41, 5.74) is 21.7. The van der Waals surface area contributed by atoms with E-state index in [9.17, 15) is 0 Å². The Morgan fingerprint density at radius 3 is 1.35 bits per heavy atom. The molecule has 4 aliphatic carbocycles. The highest BCUT2D eigenvalue weighted by Crippen LogP contribution is 2.68. The Labute approximate surface area is 404 Å². The molecule has 4 aliphatic rings. The van der Waals surface area contributed by atoms with E-state index in [1.54, 1.807) is 0 Å². The van der Waals surface area contributed by atoms with Crippen molar-refractivity contribution >= 4 is 27.5 Å². The Hall–Kier alpha value is -8.31. The van der Waals surface area contributed by atoms with Gasteiger partial charge in [0.1, 0.15) is 0 Å². The Morgan fingerprint density at radius 2 is 0.783 bits per heavy atom. The van der Waals surface area contributed by atoms with Crippen LogP contribution in [0, 0.1) is 0 Å². The van der Waals surface area contributed by atoms with Crippen LogP contribution in [0.25, 0.3) is 83.7 Å². The van der Waals surface area contributed by atoms with Gasteiger partial charge in [-0.2, -0.15) is 0 Å². The first-order chi connectivity index (χ1) is 34.2. The lowest BCUT2D eigenvalue weighted by Gasteiger charge is -2.48. The van der Waals surface area contributed by atoms with E-state index in [0.29, 0.717) is 17.5 Å². The van der Waals surface area contributed by atoms with Crippen molar-refractivity contribution < 1.29 is 0 Å². The number of fused-ring (bicyclic) bond motifs is 19. The molecule has 4 heteroatoms. The molecule has 0 N–H and O–H groups in total. The summed E-state index contributed by atoms with van der Waals surface area (Å²) in [6.45, 7) is 0. The van der Waals surface area contributed by atoms with E-state index < -0.39 is 10.8 Å². The van der Waals surface area contributed by atoms with Gasteiger partial charge in [-0.25, -0.2) is 15.0 Å². The molecule has 0 unspecified atom stereocenters. The first-order valence-electron chi connectivity index (χ1n) is 24.0. The first-order valence-corrected chi connectivity index (χ1v) is 24.8. The van der Waals surface area contributed by atoms with Crippen LogP contribution >= 0.6 is 11.3 Å². The third-order valence-electron chi connectivity index (χ3n) is 15.5. The fourth-order valence-electron chi connectivity index (χ4n) is 12.7. The average Bonchev–Trinajstić information content (AvgIpc) is 4.04. The molecule has 2 heterocycles. The Bertz CT molecular complexity index is 3800. The zero-order valence-corrected chi connectivity index (χ0v) is 38.3. The fourth-order valence-corrected chi connectivity index (χ4v) is 13.9. The van der Waals surface area contributed by atoms with Crippen LogP contribution in [-0.2, 0) is 17.3 Å². The van der Waals surface area contributed by atoms with Crippen LogP contribution in [0.1, 0.15) is 61.4 Å². The summed E-state index contributed by atoms with van der Waals surface area (Å²) in [6, 6.07) is 78.7. The molecule has 0 saturated carbocycles. The number of benzene rings is 9. The van der Waals surface area contributed by atoms with E-state index in [1.165, 1.54) is 92.9 Å². The van der Waals surface area contributed by atoms with Crippen LogP contribution in [0.2, 0.25) is 0 Å². The van der Waals surface area contributed by atoms with Crippen LogP contribution in [0.3, 0.4) is 0 Å². The van der Waals surface area contributed by atoms with E-state index >= 15 is 0 Å². The number of aryl methyl sites for hydroxylation is 1. The van der Waals surface area contributed by atoms with Gasteiger partial charge in [-0.15, -0.1) is 11.3 Å². The molecule has 0 radical (unpaired) electrons. The smallest absolute Gasteiger partial charge is 0.164 e. The van der Waals surface area contributed by atoms with Gasteiger partial charge in [-0.05, 0) is 126 Å². The summed E-state index contributed by atoms with van der Waals surface area (Å²) in [6.07, 6.45) is 6.84. The van der Waals surface area contributed by atoms with E-state index in [-0.39, 0.29) is 0 Å². The fraction of sp³-hybridized carbons (Fsp3) is 0.0615. The molecule has 0 fully saturated rings. The van der Waals surface area contributed by atoms with Gasteiger partial charge in [0.2, 0.25) is 0 Å². The molecular formula is C65H41N3S. The molecule has 11 aromatic rings. The molecule has 0 saturated heterocycles. The van der Waals surface area contributed by atoms with Crippen LogP contribution in [0.15, 0.2) is 218 Å². The quantitative estimate of drug-likeness (QED) is 0.177. The van der Waals surface area contributed by atoms with Gasteiger partial charge in [0, 0.05) is 26.3 Å². The number of hydrogen-bond donors (Lipinski definition) is 0. The highest BCUT2D eigenvalue weighted by Gasteiger charge is 2.59. The Kier molecular flexibility index (Phi) is 8.20. The van der Waals surface area contributed by atoms with Crippen molar-refractivity contribution in [1.29, 1.82) is 0 Å². The molecule has 322 valence electrons. The minimum absolute atomic E-state index is 0.477. The maximum absolute atomic E-state index is 5.03. The summed E-state index contributed by atoms with van der Waals surface area (Å²) >= 11 is 1.94. The molecule has 69 heavy (non-hydrogen) atoms. The second kappa shape index (κ2) is 14.6. The largest absolute Gasteiger partial charge is 0.208 e. The van der Waals surface area contributed by atoms with Gasteiger partial charge in [-0.1, -0.05) is 200 Å². The molecule has 0 amide bonds. The zero-order valence-electron chi connectivity index (χ0n) is 37.5. The molecule has 0 aliphatic heterocycles. The van der Waals surface area contributed by atoms with E-state index in [0.717, 1.165) is 35.1 Å². The minimum Gasteiger partial charge on any atom is -0.208 e. The highest BCUT2D eigenvalue weighted by molar-refractivity contribution is 7.20. The van der Waals surface area contributed by atoms with Crippen molar-refractivity contribution in [1.82, 2.24) is 15.0 Å². The molecule has 15 rings (SSSR count). The van der Waals surface area contributed by atoms with Crippen LogP contribution in [-0.4, -0.2) is 15.0 Å². The predicted octanol–water partition coefficient (Wildman–Crippen LogP) is 15.8. The van der Waals surface area contributed by atoms with Gasteiger partial charge in [0.05, 0.1) is 10.8 Å². The topological polar surface area (TPSA) is 38.7 Å². The van der Waals surface area contributed by atoms with Gasteiger partial charge < -0.3 is 0 Å². The highest BCUT2D eigenvalue weighted by atomic mass is 32.1. The molecular weight excluding hydrogens is 855 g/mol. The summed E-state index contributed by atoms with van der Waals surface area (Å²) < 4.78 is 1.36. The van der Waals surface area contributed by atoms with Crippen molar-refractivity contribution in [2.24, 2.45) is 0 Å². The third kappa shape index (κ3) is 5.30. The number of aromatic nitrogens is 3. The van der Waals surface area contributed by atoms with E-state index in [1.807, 2.05) is 47.7 Å². The number of allylic oxidation sites excluding steroid dienone is 1.